The normalized spacial score (nSPS) is 11.4. The zero-order chi connectivity index (χ0) is 23.7. The number of imidazole rings is 1. The molecule has 2 N–H and O–H groups in total. The molecule has 0 atom stereocenters. The molecule has 172 valence electrons. The number of carbonyl (C=O) groups is 1. The van der Waals surface area contributed by atoms with E-state index in [-0.39, 0.29) is 5.69 Å². The summed E-state index contributed by atoms with van der Waals surface area (Å²) in [7, 11) is 0. The molecule has 34 heavy (non-hydrogen) atoms. The Morgan fingerprint density at radius 3 is 2.74 bits per heavy atom. The van der Waals surface area contributed by atoms with Crippen LogP contribution in [0.3, 0.4) is 0 Å². The van der Waals surface area contributed by atoms with Gasteiger partial charge in [0, 0.05) is 27.6 Å². The molecule has 3 heterocycles. The van der Waals surface area contributed by atoms with Gasteiger partial charge in [-0.3, -0.25) is 0 Å². The first-order valence-electron chi connectivity index (χ1n) is 10.9. The van der Waals surface area contributed by atoms with Crippen molar-refractivity contribution >= 4 is 21.9 Å². The van der Waals surface area contributed by atoms with Crippen LogP contribution in [0.5, 0.6) is 0 Å². The number of halogens is 1. The summed E-state index contributed by atoms with van der Waals surface area (Å²) in [6, 6.07) is 9.73. The number of aromatic nitrogens is 6. The topological polar surface area (TPSA) is 123 Å². The minimum absolute atomic E-state index is 0.163. The van der Waals surface area contributed by atoms with Gasteiger partial charge in [0.05, 0.1) is 25.3 Å². The lowest BCUT2D eigenvalue weighted by molar-refractivity contribution is 0.0685. The van der Waals surface area contributed by atoms with Crippen molar-refractivity contribution in [3.05, 3.63) is 70.6 Å². The Balaban J connectivity index is 1.74. The lowest BCUT2D eigenvalue weighted by atomic mass is 9.97. The lowest BCUT2D eigenvalue weighted by Gasteiger charge is -2.14. The maximum atomic E-state index is 12.0. The monoisotopic (exact) mass is 520 g/mol. The molecule has 0 spiro atoms. The number of unbranched alkanes of at least 4 members (excludes halogenated alkanes) is 1. The Kier molecular flexibility index (Phi) is 5.97. The summed E-state index contributed by atoms with van der Waals surface area (Å²) in [6.07, 6.45) is 7.37. The van der Waals surface area contributed by atoms with Crippen molar-refractivity contribution in [1.29, 1.82) is 0 Å². The molecule has 10 heteroatoms. The molecule has 1 aliphatic carbocycles. The predicted molar refractivity (Wildman–Crippen MR) is 129 cm³/mol. The van der Waals surface area contributed by atoms with Gasteiger partial charge in [0.2, 0.25) is 0 Å². The first kappa shape index (κ1) is 22.0. The van der Waals surface area contributed by atoms with Gasteiger partial charge in [0.1, 0.15) is 11.5 Å². The Morgan fingerprint density at radius 2 is 2.00 bits per heavy atom. The van der Waals surface area contributed by atoms with E-state index in [0.717, 1.165) is 56.5 Å². The first-order valence-corrected chi connectivity index (χ1v) is 11.7. The largest absolute Gasteiger partial charge is 0.477 e. The van der Waals surface area contributed by atoms with Gasteiger partial charge in [-0.1, -0.05) is 37.6 Å². The third kappa shape index (κ3) is 3.79. The van der Waals surface area contributed by atoms with E-state index in [9.17, 15) is 9.90 Å². The van der Waals surface area contributed by atoms with Gasteiger partial charge in [-0.15, -0.1) is 5.10 Å². The van der Waals surface area contributed by atoms with Crippen LogP contribution in [0.2, 0.25) is 0 Å². The summed E-state index contributed by atoms with van der Waals surface area (Å²) >= 11 is 3.79. The van der Waals surface area contributed by atoms with Gasteiger partial charge < -0.3 is 14.1 Å². The van der Waals surface area contributed by atoms with Crippen LogP contribution in [-0.2, 0) is 13.0 Å². The zero-order valence-corrected chi connectivity index (χ0v) is 19.9. The molecule has 0 bridgehead atoms. The molecule has 2 aromatic heterocycles. The third-order valence-corrected chi connectivity index (χ3v) is 6.72. The van der Waals surface area contributed by atoms with Crippen molar-refractivity contribution in [2.75, 3.05) is 0 Å². The fraction of sp³-hybridized carbons (Fsp3) is 0.208. The van der Waals surface area contributed by atoms with Crippen LogP contribution < -0.4 is 0 Å². The highest BCUT2D eigenvalue weighted by Crippen LogP contribution is 2.48. The van der Waals surface area contributed by atoms with Crippen LogP contribution in [0.25, 0.3) is 33.6 Å². The number of hydrogen-bond acceptors (Lipinski definition) is 6. The van der Waals surface area contributed by atoms with Crippen LogP contribution in [-0.4, -0.2) is 41.3 Å². The number of benzene rings is 1. The summed E-state index contributed by atoms with van der Waals surface area (Å²) in [5.41, 5.74) is 5.64. The number of tetrazole rings is 1. The van der Waals surface area contributed by atoms with Crippen molar-refractivity contribution in [2.24, 2.45) is 0 Å². The highest BCUT2D eigenvalue weighted by Gasteiger charge is 2.27. The highest BCUT2D eigenvalue weighted by atomic mass is 79.9. The number of carboxylic acids is 1. The van der Waals surface area contributed by atoms with Crippen LogP contribution in [0.4, 0.5) is 0 Å². The van der Waals surface area contributed by atoms with Crippen molar-refractivity contribution in [3.8, 4) is 33.6 Å². The van der Waals surface area contributed by atoms with Gasteiger partial charge in [0.25, 0.3) is 0 Å². The molecule has 0 amide bonds. The van der Waals surface area contributed by atoms with E-state index >= 15 is 0 Å². The summed E-state index contributed by atoms with van der Waals surface area (Å²) in [5, 5.41) is 24.2. The van der Waals surface area contributed by atoms with Crippen molar-refractivity contribution in [3.63, 3.8) is 0 Å². The SMILES string of the molecule is CCCCc1ncc(C(=O)O)n1Cc1c2ccocc-2c(Br)c1-c1ccccc1-c1nnn[nH]1. The van der Waals surface area contributed by atoms with Gasteiger partial charge in [-0.05, 0) is 55.5 Å². The summed E-state index contributed by atoms with van der Waals surface area (Å²) in [6.45, 7) is 2.44. The quantitative estimate of drug-likeness (QED) is 0.285. The van der Waals surface area contributed by atoms with E-state index in [1.165, 1.54) is 6.20 Å². The Hall–Kier alpha value is -3.79. The molecule has 0 unspecified atom stereocenters. The van der Waals surface area contributed by atoms with Crippen LogP contribution in [0.1, 0.15) is 41.6 Å². The Morgan fingerprint density at radius 1 is 1.18 bits per heavy atom. The number of nitrogens with one attached hydrogen (secondary N) is 1. The van der Waals surface area contributed by atoms with Gasteiger partial charge in [-0.2, -0.15) is 0 Å². The average molecular weight is 521 g/mol. The van der Waals surface area contributed by atoms with E-state index in [0.29, 0.717) is 18.8 Å². The fourth-order valence-corrected chi connectivity index (χ4v) is 5.04. The van der Waals surface area contributed by atoms with Crippen LogP contribution in [0.15, 0.2) is 57.9 Å². The van der Waals surface area contributed by atoms with Crippen molar-refractivity contribution in [1.82, 2.24) is 30.2 Å². The number of hydrogen-bond donors (Lipinski definition) is 2. The smallest absolute Gasteiger partial charge is 0.354 e. The van der Waals surface area contributed by atoms with Gasteiger partial charge in [0.15, 0.2) is 5.82 Å². The molecular formula is C24H21BrN6O3. The molecule has 0 radical (unpaired) electrons. The van der Waals surface area contributed by atoms with E-state index in [1.54, 1.807) is 17.1 Å². The molecule has 2 aliphatic rings. The third-order valence-electron chi connectivity index (χ3n) is 5.90. The minimum atomic E-state index is -1.00. The Labute approximate surface area is 203 Å². The number of aromatic amines is 1. The molecule has 0 saturated carbocycles. The average Bonchev–Trinajstić information content (AvgIpc) is 3.58. The maximum absolute atomic E-state index is 12.0. The number of rotatable bonds is 8. The maximum Gasteiger partial charge on any atom is 0.354 e. The van der Waals surface area contributed by atoms with Gasteiger partial charge >= 0.3 is 5.97 Å². The van der Waals surface area contributed by atoms with Crippen molar-refractivity contribution < 1.29 is 14.3 Å². The molecule has 0 fully saturated rings. The number of nitrogens with zero attached hydrogens (tertiary/aromatic N) is 5. The number of aromatic carboxylic acids is 1. The molecule has 0 saturated heterocycles. The van der Waals surface area contributed by atoms with Crippen LogP contribution in [0, 0.1) is 0 Å². The number of aryl methyl sites for hydroxylation is 1. The van der Waals surface area contributed by atoms with Crippen LogP contribution >= 0.6 is 15.9 Å². The highest BCUT2D eigenvalue weighted by molar-refractivity contribution is 9.10. The fourth-order valence-electron chi connectivity index (χ4n) is 4.28. The van der Waals surface area contributed by atoms with E-state index < -0.39 is 5.97 Å². The molecule has 3 aromatic rings. The number of H-pyrrole nitrogens is 1. The number of fused-ring (bicyclic) bond motifs is 1. The standard InChI is InChI=1S/C24H21BrN6O3/c1-2-3-8-20-26-11-19(24(32)33)31(20)12-17-14-9-10-34-13-18(14)22(25)21(17)15-6-4-5-7-16(15)23-27-29-30-28-23/h4-7,9-11,13H,2-3,8,12H2,1H3,(H,32,33)(H,27,28,29,30). The summed E-state index contributed by atoms with van der Waals surface area (Å²) in [4.78, 5) is 16.5. The number of carboxylic acid groups (broad SMARTS) is 1. The summed E-state index contributed by atoms with van der Waals surface area (Å²) in [5.74, 6) is 0.291. The molecule has 9 nitrogen and oxygen atoms in total. The van der Waals surface area contributed by atoms with E-state index in [4.69, 9.17) is 4.42 Å². The second kappa shape index (κ2) is 9.22. The molecule has 5 rings (SSSR count). The Bertz CT molecular complexity index is 1420. The lowest BCUT2D eigenvalue weighted by Crippen LogP contribution is -2.13. The first-order chi connectivity index (χ1) is 16.6. The zero-order valence-electron chi connectivity index (χ0n) is 18.3. The summed E-state index contributed by atoms with van der Waals surface area (Å²) < 4.78 is 8.12. The molecule has 1 aromatic carbocycles. The van der Waals surface area contributed by atoms with Gasteiger partial charge in [-0.25, -0.2) is 14.9 Å². The molecular weight excluding hydrogens is 500 g/mol. The van der Waals surface area contributed by atoms with Crippen molar-refractivity contribution in [2.45, 2.75) is 32.7 Å². The van der Waals surface area contributed by atoms with E-state index in [2.05, 4.69) is 48.5 Å². The minimum Gasteiger partial charge on any atom is -0.477 e. The second-order valence-electron chi connectivity index (χ2n) is 7.90. The predicted octanol–water partition coefficient (Wildman–Crippen LogP) is 5.28. The van der Waals surface area contributed by atoms with E-state index in [1.807, 2.05) is 30.3 Å². The second-order valence-corrected chi connectivity index (χ2v) is 8.69. The molecule has 1 aliphatic heterocycles.